The van der Waals surface area contributed by atoms with Crippen LogP contribution in [0.15, 0.2) is 52.2 Å². The molecule has 3 rings (SSSR count). The van der Waals surface area contributed by atoms with Crippen LogP contribution in [0.2, 0.25) is 0 Å². The van der Waals surface area contributed by atoms with Crippen molar-refractivity contribution in [3.8, 4) is 16.9 Å². The molecule has 1 N–H and O–H groups in total. The van der Waals surface area contributed by atoms with E-state index < -0.39 is 16.5 Å². The minimum atomic E-state index is -0.937. The zero-order valence-corrected chi connectivity index (χ0v) is 18.1. The SMILES string of the molecule is Cc1ccc(-c2ccc(OCCc3csc(SC(C)(C)C(=O)O)n3)c(F)c2)cc1. The van der Waals surface area contributed by atoms with Crippen LogP contribution in [0.4, 0.5) is 4.39 Å². The van der Waals surface area contributed by atoms with E-state index in [1.807, 2.05) is 42.6 Å². The molecule has 1 heterocycles. The maximum Gasteiger partial charge on any atom is 0.319 e. The largest absolute Gasteiger partial charge is 0.490 e. The Balaban J connectivity index is 1.57. The molecule has 0 unspecified atom stereocenters. The van der Waals surface area contributed by atoms with Gasteiger partial charge in [-0.25, -0.2) is 9.37 Å². The third-order valence-electron chi connectivity index (χ3n) is 4.32. The van der Waals surface area contributed by atoms with Crippen molar-refractivity contribution in [2.24, 2.45) is 0 Å². The van der Waals surface area contributed by atoms with Crippen LogP contribution >= 0.6 is 23.1 Å². The number of aryl methyl sites for hydroxylation is 1. The van der Waals surface area contributed by atoms with Gasteiger partial charge < -0.3 is 9.84 Å². The van der Waals surface area contributed by atoms with E-state index in [2.05, 4.69) is 4.98 Å². The van der Waals surface area contributed by atoms with E-state index in [0.29, 0.717) is 10.8 Å². The summed E-state index contributed by atoms with van der Waals surface area (Å²) in [6, 6.07) is 12.9. The summed E-state index contributed by atoms with van der Waals surface area (Å²) < 4.78 is 19.8. The number of aromatic nitrogens is 1. The third-order valence-corrected chi connectivity index (χ3v) is 6.49. The molecule has 2 aromatic carbocycles. The van der Waals surface area contributed by atoms with Crippen molar-refractivity contribution >= 4 is 29.1 Å². The first kappa shape index (κ1) is 21.3. The van der Waals surface area contributed by atoms with Gasteiger partial charge in [-0.2, -0.15) is 0 Å². The Bertz CT molecular complexity index is 1000. The molecule has 0 aliphatic rings. The highest BCUT2D eigenvalue weighted by Gasteiger charge is 2.29. The number of thioether (sulfide) groups is 1. The number of carboxylic acid groups (broad SMARTS) is 1. The van der Waals surface area contributed by atoms with E-state index in [-0.39, 0.29) is 12.4 Å². The van der Waals surface area contributed by atoms with Crippen molar-refractivity contribution in [1.29, 1.82) is 0 Å². The lowest BCUT2D eigenvalue weighted by atomic mass is 10.0. The van der Waals surface area contributed by atoms with E-state index >= 15 is 0 Å². The van der Waals surface area contributed by atoms with Crippen molar-refractivity contribution in [3.63, 3.8) is 0 Å². The first-order valence-electron chi connectivity index (χ1n) is 9.11. The Labute approximate surface area is 177 Å². The summed E-state index contributed by atoms with van der Waals surface area (Å²) in [5, 5.41) is 11.1. The molecule has 29 heavy (non-hydrogen) atoms. The number of thiazole rings is 1. The lowest BCUT2D eigenvalue weighted by Crippen LogP contribution is -2.26. The van der Waals surface area contributed by atoms with Gasteiger partial charge in [0.15, 0.2) is 15.9 Å². The fourth-order valence-corrected chi connectivity index (χ4v) is 4.75. The number of hydrogen-bond acceptors (Lipinski definition) is 5. The molecule has 4 nitrogen and oxygen atoms in total. The molecule has 0 saturated heterocycles. The lowest BCUT2D eigenvalue weighted by Gasteiger charge is -2.15. The molecule has 3 aromatic rings. The molecule has 1 aromatic heterocycles. The summed E-state index contributed by atoms with van der Waals surface area (Å²) in [4.78, 5) is 15.7. The van der Waals surface area contributed by atoms with Gasteiger partial charge in [0.1, 0.15) is 4.75 Å². The Hall–Kier alpha value is -2.38. The molecule has 0 bridgehead atoms. The van der Waals surface area contributed by atoms with E-state index in [1.54, 1.807) is 19.9 Å². The number of hydrogen-bond donors (Lipinski definition) is 1. The van der Waals surface area contributed by atoms with Gasteiger partial charge in [0.2, 0.25) is 0 Å². The number of aliphatic carboxylic acids is 1. The van der Waals surface area contributed by atoms with Gasteiger partial charge in [0.05, 0.1) is 12.3 Å². The third kappa shape index (κ3) is 5.58. The topological polar surface area (TPSA) is 59.4 Å². The summed E-state index contributed by atoms with van der Waals surface area (Å²) in [5.74, 6) is -1.08. The van der Waals surface area contributed by atoms with Gasteiger partial charge in [-0.3, -0.25) is 4.79 Å². The van der Waals surface area contributed by atoms with Crippen LogP contribution < -0.4 is 4.74 Å². The highest BCUT2D eigenvalue weighted by molar-refractivity contribution is 8.02. The zero-order chi connectivity index (χ0) is 21.0. The van der Waals surface area contributed by atoms with Crippen LogP contribution in [0.5, 0.6) is 5.75 Å². The Morgan fingerprint density at radius 1 is 1.21 bits per heavy atom. The molecule has 0 spiro atoms. The number of halogens is 1. The second-order valence-electron chi connectivity index (χ2n) is 7.13. The smallest absolute Gasteiger partial charge is 0.319 e. The van der Waals surface area contributed by atoms with Gasteiger partial charge in [0, 0.05) is 11.8 Å². The minimum Gasteiger partial charge on any atom is -0.490 e. The molecule has 0 atom stereocenters. The Morgan fingerprint density at radius 3 is 2.55 bits per heavy atom. The molecule has 0 saturated carbocycles. The highest BCUT2D eigenvalue weighted by atomic mass is 32.2. The van der Waals surface area contributed by atoms with Gasteiger partial charge >= 0.3 is 5.97 Å². The number of nitrogens with zero attached hydrogens (tertiary/aromatic N) is 1. The van der Waals surface area contributed by atoms with Crippen molar-refractivity contribution in [2.75, 3.05) is 6.61 Å². The van der Waals surface area contributed by atoms with Crippen LogP contribution in [-0.4, -0.2) is 27.4 Å². The average molecular weight is 432 g/mol. The Kier molecular flexibility index (Phi) is 6.59. The predicted molar refractivity (Wildman–Crippen MR) is 115 cm³/mol. The normalized spacial score (nSPS) is 11.4. The molecule has 0 aliphatic heterocycles. The van der Waals surface area contributed by atoms with Gasteiger partial charge in [-0.05, 0) is 44.0 Å². The molecule has 0 aliphatic carbocycles. The number of carbonyl (C=O) groups is 1. The number of ether oxygens (including phenoxy) is 1. The maximum atomic E-state index is 14.4. The number of benzene rings is 2. The van der Waals surface area contributed by atoms with E-state index in [0.717, 1.165) is 22.4 Å². The monoisotopic (exact) mass is 431 g/mol. The summed E-state index contributed by atoms with van der Waals surface area (Å²) in [5.41, 5.74) is 3.72. The second-order valence-corrected chi connectivity index (χ2v) is 9.86. The van der Waals surface area contributed by atoms with Gasteiger partial charge in [-0.1, -0.05) is 47.7 Å². The fourth-order valence-electron chi connectivity index (χ4n) is 2.52. The fraction of sp³-hybridized carbons (Fsp3) is 0.273. The van der Waals surface area contributed by atoms with Crippen LogP contribution in [0.3, 0.4) is 0 Å². The van der Waals surface area contributed by atoms with Crippen LogP contribution in [0, 0.1) is 12.7 Å². The van der Waals surface area contributed by atoms with Crippen LogP contribution in [-0.2, 0) is 11.2 Å². The first-order chi connectivity index (χ1) is 13.7. The van der Waals surface area contributed by atoms with E-state index in [1.165, 1.54) is 29.2 Å². The molecule has 0 radical (unpaired) electrons. The van der Waals surface area contributed by atoms with Gasteiger partial charge in [-0.15, -0.1) is 11.3 Å². The molecular formula is C22H22FNO3S2. The first-order valence-corrected chi connectivity index (χ1v) is 10.8. The van der Waals surface area contributed by atoms with Gasteiger partial charge in [0.25, 0.3) is 0 Å². The summed E-state index contributed by atoms with van der Waals surface area (Å²) in [6.45, 7) is 5.59. The summed E-state index contributed by atoms with van der Waals surface area (Å²) in [6.07, 6.45) is 0.518. The molecule has 0 amide bonds. The molecule has 0 fully saturated rings. The number of rotatable bonds is 8. The average Bonchev–Trinajstić information content (AvgIpc) is 3.10. The summed E-state index contributed by atoms with van der Waals surface area (Å²) >= 11 is 2.62. The molecule has 7 heteroatoms. The van der Waals surface area contributed by atoms with Crippen molar-refractivity contribution < 1.29 is 19.0 Å². The van der Waals surface area contributed by atoms with E-state index in [4.69, 9.17) is 4.74 Å². The Morgan fingerprint density at radius 2 is 1.90 bits per heavy atom. The maximum absolute atomic E-state index is 14.4. The highest BCUT2D eigenvalue weighted by Crippen LogP contribution is 2.34. The zero-order valence-electron chi connectivity index (χ0n) is 16.4. The minimum absolute atomic E-state index is 0.206. The van der Waals surface area contributed by atoms with E-state index in [9.17, 15) is 14.3 Å². The lowest BCUT2D eigenvalue weighted by molar-refractivity contribution is -0.138. The standard InChI is InChI=1S/C22H22FNO3S2/c1-14-4-6-15(7-5-14)16-8-9-19(18(23)12-16)27-11-10-17-13-28-21(24-17)29-22(2,3)20(25)26/h4-9,12-13H,10-11H2,1-3H3,(H,25,26). The quantitative estimate of drug-likeness (QED) is 0.455. The summed E-state index contributed by atoms with van der Waals surface area (Å²) in [7, 11) is 0. The predicted octanol–water partition coefficient (Wildman–Crippen LogP) is 5.83. The number of carboxylic acids is 1. The molecule has 152 valence electrons. The van der Waals surface area contributed by atoms with Crippen molar-refractivity contribution in [2.45, 2.75) is 36.3 Å². The van der Waals surface area contributed by atoms with Crippen LogP contribution in [0.1, 0.15) is 25.1 Å². The van der Waals surface area contributed by atoms with Crippen LogP contribution in [0.25, 0.3) is 11.1 Å². The van der Waals surface area contributed by atoms with Crippen molar-refractivity contribution in [3.05, 3.63) is 64.9 Å². The van der Waals surface area contributed by atoms with Crippen molar-refractivity contribution in [1.82, 2.24) is 4.98 Å². The second kappa shape index (κ2) is 8.97. The molecular weight excluding hydrogens is 409 g/mol.